The van der Waals surface area contributed by atoms with Gasteiger partial charge < -0.3 is 10.1 Å². The number of halogens is 2. The van der Waals surface area contributed by atoms with E-state index in [2.05, 4.69) is 14.8 Å². The summed E-state index contributed by atoms with van der Waals surface area (Å²) < 4.78 is 31.5. The van der Waals surface area contributed by atoms with Crippen LogP contribution in [0.3, 0.4) is 0 Å². The molecule has 6 nitrogen and oxygen atoms in total. The smallest absolute Gasteiger partial charge is 0.339 e. The molecule has 2 rings (SSSR count). The van der Waals surface area contributed by atoms with Crippen LogP contribution in [0.2, 0.25) is 5.02 Å². The Kier molecular flexibility index (Phi) is 7.08. The van der Waals surface area contributed by atoms with Crippen molar-refractivity contribution in [2.24, 2.45) is 0 Å². The summed E-state index contributed by atoms with van der Waals surface area (Å²) in [6.45, 7) is 1.24. The number of methoxy groups -OCH3 is 1. The molecule has 124 valence electrons. The predicted molar refractivity (Wildman–Crippen MR) is 86.3 cm³/mol. The van der Waals surface area contributed by atoms with E-state index >= 15 is 0 Å². The van der Waals surface area contributed by atoms with Crippen molar-refractivity contribution in [3.63, 3.8) is 0 Å². The summed E-state index contributed by atoms with van der Waals surface area (Å²) in [5.41, 5.74) is 0.135. The third kappa shape index (κ3) is 4.57. The molecule has 1 aromatic rings. The number of hydrogen-bond donors (Lipinski definition) is 2. The fourth-order valence-corrected chi connectivity index (χ4v) is 3.59. The third-order valence-corrected chi connectivity index (χ3v) is 5.07. The van der Waals surface area contributed by atoms with Crippen molar-refractivity contribution in [1.29, 1.82) is 0 Å². The van der Waals surface area contributed by atoms with Gasteiger partial charge in [0, 0.05) is 12.6 Å². The predicted octanol–water partition coefficient (Wildman–Crippen LogP) is 1.58. The number of rotatable bonds is 5. The Bertz CT molecular complexity index is 631. The Morgan fingerprint density at radius 3 is 2.77 bits per heavy atom. The molecule has 1 saturated heterocycles. The fourth-order valence-electron chi connectivity index (χ4n) is 2.16. The van der Waals surface area contributed by atoms with Crippen LogP contribution in [-0.4, -0.2) is 40.6 Å². The van der Waals surface area contributed by atoms with E-state index in [1.807, 2.05) is 0 Å². The van der Waals surface area contributed by atoms with Gasteiger partial charge >= 0.3 is 5.97 Å². The second-order valence-corrected chi connectivity index (χ2v) is 6.95. The van der Waals surface area contributed by atoms with Crippen LogP contribution in [0.4, 0.5) is 0 Å². The highest BCUT2D eigenvalue weighted by Gasteiger charge is 2.21. The van der Waals surface area contributed by atoms with Crippen molar-refractivity contribution in [3.05, 3.63) is 28.8 Å². The SMILES string of the molecule is COC(=O)c1ccc(S(=O)(=O)NCC2CCCN2)cc1Cl.Cl. The molecule has 1 unspecified atom stereocenters. The minimum Gasteiger partial charge on any atom is -0.465 e. The first-order valence-corrected chi connectivity index (χ1v) is 8.41. The number of ether oxygens (including phenoxy) is 1. The van der Waals surface area contributed by atoms with Crippen molar-refractivity contribution >= 4 is 40.0 Å². The van der Waals surface area contributed by atoms with Gasteiger partial charge in [0.15, 0.2) is 0 Å². The normalized spacial score (nSPS) is 17.8. The van der Waals surface area contributed by atoms with Gasteiger partial charge in [-0.15, -0.1) is 12.4 Å². The lowest BCUT2D eigenvalue weighted by molar-refractivity contribution is 0.0601. The first-order chi connectivity index (χ1) is 9.94. The highest BCUT2D eigenvalue weighted by atomic mass is 35.5. The first-order valence-electron chi connectivity index (χ1n) is 6.55. The van der Waals surface area contributed by atoms with Crippen molar-refractivity contribution in [3.8, 4) is 0 Å². The Hall–Kier alpha value is -0.860. The first kappa shape index (κ1) is 19.2. The van der Waals surface area contributed by atoms with E-state index in [0.717, 1.165) is 19.4 Å². The summed E-state index contributed by atoms with van der Waals surface area (Å²) in [5, 5.41) is 3.25. The number of nitrogens with one attached hydrogen (secondary N) is 2. The fraction of sp³-hybridized carbons (Fsp3) is 0.462. The lowest BCUT2D eigenvalue weighted by Gasteiger charge is -2.12. The molecule has 0 amide bonds. The van der Waals surface area contributed by atoms with E-state index in [-0.39, 0.29) is 33.9 Å². The Morgan fingerprint density at radius 1 is 1.50 bits per heavy atom. The van der Waals surface area contributed by atoms with Crippen LogP contribution in [0, 0.1) is 0 Å². The monoisotopic (exact) mass is 368 g/mol. The van der Waals surface area contributed by atoms with E-state index < -0.39 is 16.0 Å². The Balaban J connectivity index is 0.00000242. The zero-order chi connectivity index (χ0) is 15.5. The van der Waals surface area contributed by atoms with E-state index in [9.17, 15) is 13.2 Å². The highest BCUT2D eigenvalue weighted by Crippen LogP contribution is 2.21. The van der Waals surface area contributed by atoms with Gasteiger partial charge in [0.05, 0.1) is 22.6 Å². The maximum atomic E-state index is 12.2. The molecule has 0 radical (unpaired) electrons. The molecule has 1 fully saturated rings. The zero-order valence-corrected chi connectivity index (χ0v) is 14.4. The van der Waals surface area contributed by atoms with Crippen molar-refractivity contribution in [1.82, 2.24) is 10.0 Å². The van der Waals surface area contributed by atoms with Gasteiger partial charge in [0.25, 0.3) is 0 Å². The van der Waals surface area contributed by atoms with Crippen LogP contribution < -0.4 is 10.0 Å². The number of carbonyl (C=O) groups is 1. The topological polar surface area (TPSA) is 84.5 Å². The molecule has 1 atom stereocenters. The van der Waals surface area contributed by atoms with Crippen molar-refractivity contribution in [2.45, 2.75) is 23.8 Å². The van der Waals surface area contributed by atoms with Gasteiger partial charge in [-0.3, -0.25) is 0 Å². The van der Waals surface area contributed by atoms with Crippen LogP contribution in [0.15, 0.2) is 23.1 Å². The Morgan fingerprint density at radius 2 is 2.23 bits per heavy atom. The quantitative estimate of drug-likeness (QED) is 0.770. The summed E-state index contributed by atoms with van der Waals surface area (Å²) in [4.78, 5) is 11.4. The van der Waals surface area contributed by atoms with Crippen LogP contribution in [0.5, 0.6) is 0 Å². The van der Waals surface area contributed by atoms with E-state index in [0.29, 0.717) is 6.54 Å². The zero-order valence-electron chi connectivity index (χ0n) is 12.0. The number of esters is 1. The standard InChI is InChI=1S/C13H17ClN2O4S.ClH/c1-20-13(17)11-5-4-10(7-12(11)14)21(18,19)16-8-9-3-2-6-15-9;/h4-5,7,9,15-16H,2-3,6,8H2,1H3;1H. The minimum absolute atomic E-state index is 0. The van der Waals surface area contributed by atoms with Crippen LogP contribution in [0.25, 0.3) is 0 Å². The largest absolute Gasteiger partial charge is 0.465 e. The Labute approximate surface area is 141 Å². The lowest BCUT2D eigenvalue weighted by Crippen LogP contribution is -2.37. The van der Waals surface area contributed by atoms with Crippen LogP contribution in [0.1, 0.15) is 23.2 Å². The molecule has 0 spiro atoms. The van der Waals surface area contributed by atoms with Gasteiger partial charge in [-0.1, -0.05) is 11.6 Å². The van der Waals surface area contributed by atoms with Gasteiger partial charge in [-0.05, 0) is 37.6 Å². The van der Waals surface area contributed by atoms with E-state index in [1.165, 1.54) is 25.3 Å². The minimum atomic E-state index is -3.65. The van der Waals surface area contributed by atoms with Gasteiger partial charge in [0.1, 0.15) is 0 Å². The third-order valence-electron chi connectivity index (χ3n) is 3.34. The molecule has 1 aliphatic rings. The molecular formula is C13H18Cl2N2O4S. The van der Waals surface area contributed by atoms with Gasteiger partial charge in [-0.2, -0.15) is 0 Å². The average Bonchev–Trinajstić information content (AvgIpc) is 2.97. The molecule has 1 aromatic carbocycles. The summed E-state index contributed by atoms with van der Waals surface area (Å²) in [7, 11) is -2.41. The van der Waals surface area contributed by atoms with E-state index in [4.69, 9.17) is 11.6 Å². The molecule has 9 heteroatoms. The van der Waals surface area contributed by atoms with Crippen LogP contribution in [-0.2, 0) is 14.8 Å². The summed E-state index contributed by atoms with van der Waals surface area (Å²) in [6, 6.07) is 4.08. The van der Waals surface area contributed by atoms with Gasteiger partial charge in [-0.25, -0.2) is 17.9 Å². The maximum absolute atomic E-state index is 12.2. The molecular weight excluding hydrogens is 351 g/mol. The molecule has 1 aliphatic heterocycles. The van der Waals surface area contributed by atoms with Crippen molar-refractivity contribution in [2.75, 3.05) is 20.2 Å². The molecule has 0 aromatic heterocycles. The second kappa shape index (κ2) is 8.12. The highest BCUT2D eigenvalue weighted by molar-refractivity contribution is 7.89. The molecule has 0 saturated carbocycles. The van der Waals surface area contributed by atoms with Crippen LogP contribution >= 0.6 is 24.0 Å². The molecule has 1 heterocycles. The number of carbonyl (C=O) groups excluding carboxylic acids is 1. The average molecular weight is 369 g/mol. The van der Waals surface area contributed by atoms with Gasteiger partial charge in [0.2, 0.25) is 10.0 Å². The summed E-state index contributed by atoms with van der Waals surface area (Å²) in [6.07, 6.45) is 2.00. The number of sulfonamides is 1. The molecule has 2 N–H and O–H groups in total. The van der Waals surface area contributed by atoms with Crippen molar-refractivity contribution < 1.29 is 17.9 Å². The molecule has 0 aliphatic carbocycles. The molecule has 0 bridgehead atoms. The summed E-state index contributed by atoms with van der Waals surface area (Å²) in [5.74, 6) is -0.605. The maximum Gasteiger partial charge on any atom is 0.339 e. The second-order valence-electron chi connectivity index (χ2n) is 4.78. The number of benzene rings is 1. The lowest BCUT2D eigenvalue weighted by atomic mass is 10.2. The number of hydrogen-bond acceptors (Lipinski definition) is 5. The summed E-state index contributed by atoms with van der Waals surface area (Å²) >= 11 is 5.93. The molecule has 22 heavy (non-hydrogen) atoms. The van der Waals surface area contributed by atoms with E-state index in [1.54, 1.807) is 0 Å².